The first-order chi connectivity index (χ1) is 16.0. The van der Waals surface area contributed by atoms with Crippen LogP contribution in [0.4, 0.5) is 0 Å². The van der Waals surface area contributed by atoms with Crippen LogP contribution in [0, 0.1) is 0 Å². The molecule has 6 nitrogen and oxygen atoms in total. The molecule has 0 fully saturated rings. The summed E-state index contributed by atoms with van der Waals surface area (Å²) >= 11 is 0. The van der Waals surface area contributed by atoms with Gasteiger partial charge in [0.1, 0.15) is 12.2 Å². The van der Waals surface area contributed by atoms with Crippen molar-refractivity contribution in [1.82, 2.24) is 5.32 Å². The zero-order valence-corrected chi connectivity index (χ0v) is 21.6. The minimum Gasteiger partial charge on any atom is -0.394 e. The lowest BCUT2D eigenvalue weighted by molar-refractivity contribution is -0.132. The minimum atomic E-state index is -1.25. The Morgan fingerprint density at radius 1 is 0.636 bits per heavy atom. The summed E-state index contributed by atoms with van der Waals surface area (Å²) in [5.74, 6) is -0.596. The zero-order chi connectivity index (χ0) is 24.7. The first kappa shape index (κ1) is 32.3. The van der Waals surface area contributed by atoms with E-state index in [2.05, 4.69) is 12.2 Å². The number of hydrogen-bond donors (Lipinski definition) is 5. The molecule has 5 N–H and O–H groups in total. The van der Waals surface area contributed by atoms with Gasteiger partial charge < -0.3 is 25.7 Å². The molecule has 0 aliphatic carbocycles. The van der Waals surface area contributed by atoms with Crippen LogP contribution in [0.25, 0.3) is 0 Å². The molecule has 0 aromatic heterocycles. The van der Waals surface area contributed by atoms with Gasteiger partial charge in [0.25, 0.3) is 0 Å². The van der Waals surface area contributed by atoms with Crippen molar-refractivity contribution in [2.75, 3.05) is 6.61 Å². The third-order valence-corrected chi connectivity index (χ3v) is 6.57. The smallest absolute Gasteiger partial charge is 0.249 e. The first-order valence-corrected chi connectivity index (χ1v) is 13.9. The maximum atomic E-state index is 12.2. The summed E-state index contributed by atoms with van der Waals surface area (Å²) < 4.78 is 0. The van der Waals surface area contributed by atoms with Crippen molar-refractivity contribution < 1.29 is 25.2 Å². The molecule has 0 saturated carbocycles. The molecule has 0 aromatic rings. The van der Waals surface area contributed by atoms with Crippen molar-refractivity contribution >= 4 is 5.91 Å². The molecule has 33 heavy (non-hydrogen) atoms. The first-order valence-electron chi connectivity index (χ1n) is 13.9. The van der Waals surface area contributed by atoms with E-state index in [-0.39, 0.29) is 0 Å². The Kier molecular flexibility index (Phi) is 22.6. The van der Waals surface area contributed by atoms with Gasteiger partial charge in [0.15, 0.2) is 0 Å². The average Bonchev–Trinajstić information content (AvgIpc) is 2.82. The molecule has 4 atom stereocenters. The van der Waals surface area contributed by atoms with Crippen molar-refractivity contribution in [1.29, 1.82) is 0 Å². The molecule has 198 valence electrons. The number of aliphatic hydroxyl groups excluding tert-OH is 4. The molecule has 0 aliphatic rings. The number of rotatable bonds is 24. The normalized spacial score (nSPS) is 15.2. The van der Waals surface area contributed by atoms with Crippen LogP contribution in [-0.4, -0.2) is 57.3 Å². The van der Waals surface area contributed by atoms with Crippen LogP contribution in [-0.2, 0) is 4.79 Å². The van der Waals surface area contributed by atoms with E-state index in [1.807, 2.05) is 6.92 Å². The fourth-order valence-electron chi connectivity index (χ4n) is 4.21. The van der Waals surface area contributed by atoms with E-state index >= 15 is 0 Å². The average molecular weight is 474 g/mol. The number of unbranched alkanes of at least 4 members (excludes halogenated alkanes) is 15. The second kappa shape index (κ2) is 23.1. The lowest BCUT2D eigenvalue weighted by Gasteiger charge is -2.27. The quantitative estimate of drug-likeness (QED) is 0.127. The Bertz CT molecular complexity index is 435. The Labute approximate surface area is 203 Å². The molecular weight excluding hydrogens is 418 g/mol. The molecule has 0 spiro atoms. The van der Waals surface area contributed by atoms with Crippen LogP contribution in [0.2, 0.25) is 0 Å². The number of nitrogens with one attached hydrogen (secondary N) is 1. The number of hydrogen-bond acceptors (Lipinski definition) is 5. The molecule has 0 heterocycles. The number of carbonyl (C=O) groups is 1. The van der Waals surface area contributed by atoms with Crippen molar-refractivity contribution in [3.05, 3.63) is 0 Å². The standard InChI is InChI=1S/C27H55NO5/c1-3-5-7-8-9-10-11-12-13-14-15-16-17-18-19-21-25(31)27(33)28-23(22-29)26(32)24(30)20-6-4-2/h23-26,29-32H,3-22H2,1-2H3,(H,28,33). The lowest BCUT2D eigenvalue weighted by Crippen LogP contribution is -2.53. The number of aliphatic hydroxyl groups is 4. The van der Waals surface area contributed by atoms with Crippen LogP contribution >= 0.6 is 0 Å². The van der Waals surface area contributed by atoms with Gasteiger partial charge in [0.05, 0.1) is 18.8 Å². The predicted molar refractivity (Wildman–Crippen MR) is 136 cm³/mol. The summed E-state index contributed by atoms with van der Waals surface area (Å²) in [5.41, 5.74) is 0. The van der Waals surface area contributed by atoms with Crippen LogP contribution in [0.1, 0.15) is 136 Å². The second-order valence-corrected chi connectivity index (χ2v) is 9.75. The van der Waals surface area contributed by atoms with Gasteiger partial charge in [0.2, 0.25) is 5.91 Å². The number of amides is 1. The topological polar surface area (TPSA) is 110 Å². The van der Waals surface area contributed by atoms with Gasteiger partial charge in [-0.1, -0.05) is 123 Å². The van der Waals surface area contributed by atoms with E-state index in [1.54, 1.807) is 0 Å². The van der Waals surface area contributed by atoms with Crippen molar-refractivity contribution in [2.45, 2.75) is 160 Å². The fraction of sp³-hybridized carbons (Fsp3) is 0.963. The highest BCUT2D eigenvalue weighted by Crippen LogP contribution is 2.14. The summed E-state index contributed by atoms with van der Waals surface area (Å²) in [6.07, 6.45) is 18.0. The van der Waals surface area contributed by atoms with Gasteiger partial charge in [-0.3, -0.25) is 4.79 Å². The molecule has 0 radical (unpaired) electrons. The highest BCUT2D eigenvalue weighted by molar-refractivity contribution is 5.80. The van der Waals surface area contributed by atoms with Crippen LogP contribution in [0.5, 0.6) is 0 Å². The lowest BCUT2D eigenvalue weighted by atomic mass is 10.0. The summed E-state index contributed by atoms with van der Waals surface area (Å²) in [7, 11) is 0. The molecule has 4 unspecified atom stereocenters. The maximum Gasteiger partial charge on any atom is 0.249 e. The van der Waals surface area contributed by atoms with E-state index in [0.717, 1.165) is 32.1 Å². The van der Waals surface area contributed by atoms with E-state index in [4.69, 9.17) is 0 Å². The van der Waals surface area contributed by atoms with Crippen molar-refractivity contribution in [2.24, 2.45) is 0 Å². The highest BCUT2D eigenvalue weighted by atomic mass is 16.3. The SMILES string of the molecule is CCCCCCCCCCCCCCCCCC(O)C(=O)NC(CO)C(O)C(O)CCCC. The molecule has 0 aromatic carbocycles. The zero-order valence-electron chi connectivity index (χ0n) is 21.6. The van der Waals surface area contributed by atoms with Crippen LogP contribution in [0.3, 0.4) is 0 Å². The van der Waals surface area contributed by atoms with Crippen molar-refractivity contribution in [3.63, 3.8) is 0 Å². The highest BCUT2D eigenvalue weighted by Gasteiger charge is 2.28. The van der Waals surface area contributed by atoms with E-state index in [9.17, 15) is 25.2 Å². The molecular formula is C27H55NO5. The second-order valence-electron chi connectivity index (χ2n) is 9.75. The third-order valence-electron chi connectivity index (χ3n) is 6.57. The monoisotopic (exact) mass is 473 g/mol. The summed E-state index contributed by atoms with van der Waals surface area (Å²) in [6.45, 7) is 3.76. The van der Waals surface area contributed by atoms with Crippen molar-refractivity contribution in [3.8, 4) is 0 Å². The summed E-state index contributed by atoms with van der Waals surface area (Å²) in [6, 6.07) is -0.972. The Hall–Kier alpha value is -0.690. The predicted octanol–water partition coefficient (Wildman–Crippen LogP) is 5.00. The minimum absolute atomic E-state index is 0.372. The summed E-state index contributed by atoms with van der Waals surface area (Å²) in [4.78, 5) is 12.2. The molecule has 0 saturated heterocycles. The van der Waals surface area contributed by atoms with E-state index in [0.29, 0.717) is 12.8 Å². The largest absolute Gasteiger partial charge is 0.394 e. The molecule has 0 bridgehead atoms. The Morgan fingerprint density at radius 2 is 1.06 bits per heavy atom. The van der Waals surface area contributed by atoms with E-state index in [1.165, 1.54) is 77.0 Å². The summed E-state index contributed by atoms with van der Waals surface area (Å²) in [5, 5.41) is 42.1. The van der Waals surface area contributed by atoms with Gasteiger partial charge in [-0.05, 0) is 12.8 Å². The van der Waals surface area contributed by atoms with Gasteiger partial charge in [-0.25, -0.2) is 0 Å². The molecule has 0 rings (SSSR count). The van der Waals surface area contributed by atoms with Gasteiger partial charge in [0, 0.05) is 0 Å². The maximum absolute atomic E-state index is 12.2. The van der Waals surface area contributed by atoms with Gasteiger partial charge in [-0.15, -0.1) is 0 Å². The molecule has 6 heteroatoms. The van der Waals surface area contributed by atoms with Gasteiger partial charge in [-0.2, -0.15) is 0 Å². The fourth-order valence-corrected chi connectivity index (χ4v) is 4.21. The molecule has 0 aliphatic heterocycles. The van der Waals surface area contributed by atoms with Crippen LogP contribution < -0.4 is 5.32 Å². The Balaban J connectivity index is 3.70. The molecule has 1 amide bonds. The van der Waals surface area contributed by atoms with Gasteiger partial charge >= 0.3 is 0 Å². The van der Waals surface area contributed by atoms with E-state index < -0.39 is 36.9 Å². The third kappa shape index (κ3) is 18.3. The Morgan fingerprint density at radius 3 is 1.48 bits per heavy atom. The number of carbonyl (C=O) groups excluding carboxylic acids is 1. The van der Waals surface area contributed by atoms with Crippen LogP contribution in [0.15, 0.2) is 0 Å².